The third kappa shape index (κ3) is 16.7. The number of para-hydroxylation sites is 3. The van der Waals surface area contributed by atoms with Crippen LogP contribution in [-0.4, -0.2) is 27.9 Å². The molecular weight excluding hydrogens is 911 g/mol. The summed E-state index contributed by atoms with van der Waals surface area (Å²) in [6, 6.07) is 61.1. The van der Waals surface area contributed by atoms with E-state index in [0.717, 1.165) is 44.7 Å². The molecule has 8 aromatic rings. The van der Waals surface area contributed by atoms with Gasteiger partial charge in [0.25, 0.3) is 20.0 Å². The largest absolute Gasteiger partial charge is 0.478 e. The second kappa shape index (κ2) is 24.3. The first-order valence-corrected chi connectivity index (χ1v) is 24.3. The van der Waals surface area contributed by atoms with Gasteiger partial charge in [-0.25, -0.2) is 21.6 Å². The summed E-state index contributed by atoms with van der Waals surface area (Å²) in [6.45, 7) is 3.81. The molecule has 0 amide bonds. The first-order chi connectivity index (χ1) is 33.2. The van der Waals surface area contributed by atoms with Crippen molar-refractivity contribution in [1.29, 1.82) is 0 Å². The number of nitrogens with one attached hydrogen (secondary N) is 2. The number of carboxylic acids is 1. The lowest BCUT2D eigenvalue weighted by atomic mass is 10.2. The predicted octanol–water partition coefficient (Wildman–Crippen LogP) is 13.2. The number of carboxylic acid groups (broad SMARTS) is 1. The molecule has 0 unspecified atom stereocenters. The number of benzene rings is 8. The van der Waals surface area contributed by atoms with Crippen LogP contribution < -0.4 is 29.4 Å². The lowest BCUT2D eigenvalue weighted by Gasteiger charge is -2.11. The summed E-state index contributed by atoms with van der Waals surface area (Å²) in [5.74, 6) is 2.44. The van der Waals surface area contributed by atoms with Crippen molar-refractivity contribution in [3.63, 3.8) is 0 Å². The first kappa shape index (κ1) is 49.8. The van der Waals surface area contributed by atoms with E-state index in [9.17, 15) is 26.7 Å². The summed E-state index contributed by atoms with van der Waals surface area (Å²) in [6.07, 6.45) is 2.98. The molecule has 0 fully saturated rings. The fraction of sp³-hybridized carbons (Fsp3) is 0.0364. The third-order valence-electron chi connectivity index (χ3n) is 9.60. The molecule has 0 spiro atoms. The molecule has 0 aliphatic carbocycles. The van der Waals surface area contributed by atoms with E-state index in [1.807, 2.05) is 141 Å². The lowest BCUT2D eigenvalue weighted by Crippen LogP contribution is -2.12. The highest BCUT2D eigenvalue weighted by Crippen LogP contribution is 2.30. The van der Waals surface area contributed by atoms with E-state index in [-0.39, 0.29) is 11.3 Å². The van der Waals surface area contributed by atoms with Gasteiger partial charge in [0.05, 0.1) is 27.8 Å². The van der Waals surface area contributed by atoms with Gasteiger partial charge in [-0.1, -0.05) is 127 Å². The molecule has 0 aromatic heterocycles. The van der Waals surface area contributed by atoms with Crippen LogP contribution in [0.2, 0.25) is 0 Å². The van der Waals surface area contributed by atoms with E-state index >= 15 is 0 Å². The molecule has 0 atom stereocenters. The van der Waals surface area contributed by atoms with Crippen molar-refractivity contribution < 1.29 is 40.9 Å². The van der Waals surface area contributed by atoms with Gasteiger partial charge in [-0.2, -0.15) is 0 Å². The van der Waals surface area contributed by atoms with E-state index < -0.39 is 26.0 Å². The van der Waals surface area contributed by atoms with Crippen LogP contribution in [0.3, 0.4) is 0 Å². The maximum Gasteiger partial charge on any atom is 0.337 e. The van der Waals surface area contributed by atoms with Gasteiger partial charge < -0.3 is 25.1 Å². The standard InChI is InChI=1S/C21H17NO5S.C21H19NO3S.C13H13NO/c23-21(24)19-12-11-18(27-17-9-5-2-6-10-17)15-20(19)22-28(25,26)14-13-16-7-3-1-4-8-16;1-17-12-13-20(25-19-10-6-3-7-11-19)16-21(17)22-26(23,24)15-14-18-8-4-2-5-9-18;1-10-7-8-12(9-13(10)14)15-11-5-3-2-4-6-11/h1-15,22H,(H,23,24);2-16,22H,1H3;2-9H,14H2,1H3/b14-13+;15-14+;. The minimum absolute atomic E-state index is 0.0846. The highest BCUT2D eigenvalue weighted by atomic mass is 32.2. The number of aromatic carboxylic acids is 1. The van der Waals surface area contributed by atoms with Gasteiger partial charge in [-0.05, 0) is 109 Å². The third-order valence-corrected chi connectivity index (χ3v) is 11.6. The van der Waals surface area contributed by atoms with E-state index in [2.05, 4.69) is 9.44 Å². The molecule has 0 saturated carbocycles. The van der Waals surface area contributed by atoms with Crippen molar-refractivity contribution >= 4 is 55.2 Å². The fourth-order valence-electron chi connectivity index (χ4n) is 6.03. The summed E-state index contributed by atoms with van der Waals surface area (Å²) in [5, 5.41) is 11.5. The molecule has 12 nitrogen and oxygen atoms in total. The summed E-state index contributed by atoms with van der Waals surface area (Å²) in [5.41, 5.74) is 10.2. The Balaban J connectivity index is 0.000000178. The Morgan fingerprint density at radius 1 is 0.449 bits per heavy atom. The number of aryl methyl sites for hydroxylation is 2. The second-order valence-electron chi connectivity index (χ2n) is 15.0. The minimum atomic E-state index is -3.93. The highest BCUT2D eigenvalue weighted by molar-refractivity contribution is 7.96. The summed E-state index contributed by atoms with van der Waals surface area (Å²) < 4.78 is 71.4. The molecule has 0 saturated heterocycles. The lowest BCUT2D eigenvalue weighted by molar-refractivity contribution is 0.0698. The van der Waals surface area contributed by atoms with Crippen molar-refractivity contribution in [2.75, 3.05) is 15.2 Å². The number of rotatable bonds is 15. The maximum atomic E-state index is 12.4. The van der Waals surface area contributed by atoms with Crippen LogP contribution in [0, 0.1) is 13.8 Å². The predicted molar refractivity (Wildman–Crippen MR) is 276 cm³/mol. The summed E-state index contributed by atoms with van der Waals surface area (Å²) in [4.78, 5) is 11.5. The number of nitrogen functional groups attached to an aromatic ring is 1. The molecule has 350 valence electrons. The normalized spacial score (nSPS) is 11.0. The fourth-order valence-corrected chi connectivity index (χ4v) is 7.84. The average Bonchev–Trinajstić information content (AvgIpc) is 3.34. The van der Waals surface area contributed by atoms with E-state index in [4.69, 9.17) is 19.9 Å². The van der Waals surface area contributed by atoms with Gasteiger partial charge in [0.2, 0.25) is 0 Å². The molecule has 8 aromatic carbocycles. The average molecular weight is 960 g/mol. The van der Waals surface area contributed by atoms with Crippen LogP contribution in [0.5, 0.6) is 34.5 Å². The van der Waals surface area contributed by atoms with Crippen LogP contribution >= 0.6 is 0 Å². The van der Waals surface area contributed by atoms with Crippen molar-refractivity contribution in [2.24, 2.45) is 0 Å². The summed E-state index contributed by atoms with van der Waals surface area (Å²) in [7, 11) is -7.56. The molecule has 0 bridgehead atoms. The zero-order chi connectivity index (χ0) is 49.1. The van der Waals surface area contributed by atoms with E-state index in [0.29, 0.717) is 34.2 Å². The van der Waals surface area contributed by atoms with Crippen LogP contribution in [0.1, 0.15) is 32.6 Å². The van der Waals surface area contributed by atoms with Gasteiger partial charge >= 0.3 is 5.97 Å². The molecule has 0 aliphatic heterocycles. The molecule has 69 heavy (non-hydrogen) atoms. The molecular formula is C55H49N3O9S2. The van der Waals surface area contributed by atoms with Crippen molar-refractivity contribution in [2.45, 2.75) is 13.8 Å². The molecule has 0 radical (unpaired) electrons. The zero-order valence-corrected chi connectivity index (χ0v) is 39.2. The quantitative estimate of drug-likeness (QED) is 0.0721. The number of anilines is 3. The van der Waals surface area contributed by atoms with E-state index in [1.165, 1.54) is 24.3 Å². The van der Waals surface area contributed by atoms with Crippen LogP contribution in [0.4, 0.5) is 17.1 Å². The Labute approximate surface area is 402 Å². The Bertz CT molecular complexity index is 3210. The van der Waals surface area contributed by atoms with Crippen LogP contribution in [-0.2, 0) is 20.0 Å². The minimum Gasteiger partial charge on any atom is -0.478 e. The number of hydrogen-bond acceptors (Lipinski definition) is 9. The summed E-state index contributed by atoms with van der Waals surface area (Å²) >= 11 is 0. The highest BCUT2D eigenvalue weighted by Gasteiger charge is 2.16. The smallest absolute Gasteiger partial charge is 0.337 e. The van der Waals surface area contributed by atoms with Gasteiger partial charge in [-0.15, -0.1) is 0 Å². The number of sulfonamides is 2. The van der Waals surface area contributed by atoms with Crippen molar-refractivity contribution in [3.8, 4) is 34.5 Å². The molecule has 0 heterocycles. The number of nitrogens with two attached hydrogens (primary N) is 1. The topological polar surface area (TPSA) is 183 Å². The Morgan fingerprint density at radius 2 is 0.797 bits per heavy atom. The van der Waals surface area contributed by atoms with Gasteiger partial charge in [0.15, 0.2) is 0 Å². The molecule has 0 aliphatic rings. The first-order valence-electron chi connectivity index (χ1n) is 21.2. The monoisotopic (exact) mass is 959 g/mol. The number of carbonyl (C=O) groups is 1. The number of hydrogen-bond donors (Lipinski definition) is 4. The Kier molecular flexibility index (Phi) is 17.5. The Hall–Kier alpha value is -8.59. The molecule has 14 heteroatoms. The number of ether oxygens (including phenoxy) is 3. The maximum absolute atomic E-state index is 12.4. The Morgan fingerprint density at radius 3 is 1.20 bits per heavy atom. The molecule has 8 rings (SSSR count). The van der Waals surface area contributed by atoms with Crippen LogP contribution in [0.25, 0.3) is 12.2 Å². The van der Waals surface area contributed by atoms with Crippen molar-refractivity contribution in [3.05, 3.63) is 245 Å². The van der Waals surface area contributed by atoms with Gasteiger partial charge in [0, 0.05) is 23.9 Å². The van der Waals surface area contributed by atoms with Crippen molar-refractivity contribution in [1.82, 2.24) is 0 Å². The zero-order valence-electron chi connectivity index (χ0n) is 37.5. The van der Waals surface area contributed by atoms with Crippen LogP contribution in [0.15, 0.2) is 217 Å². The van der Waals surface area contributed by atoms with Gasteiger partial charge in [0.1, 0.15) is 34.5 Å². The molecule has 5 N–H and O–H groups in total. The van der Waals surface area contributed by atoms with Gasteiger partial charge in [-0.3, -0.25) is 9.44 Å². The second-order valence-corrected chi connectivity index (χ2v) is 18.1. The SMILES string of the molecule is Cc1ccc(Oc2ccccc2)cc1N.Cc1ccc(Oc2ccccc2)cc1NS(=O)(=O)/C=C/c1ccccc1.O=C(O)c1ccc(Oc2ccccc2)cc1NS(=O)(=O)/C=C/c1ccccc1. The van der Waals surface area contributed by atoms with E-state index in [1.54, 1.807) is 66.7 Å².